The van der Waals surface area contributed by atoms with Crippen molar-refractivity contribution < 1.29 is 9.90 Å². The first-order valence-electron chi connectivity index (χ1n) is 3.57. The van der Waals surface area contributed by atoms with E-state index < -0.39 is 0 Å². The second kappa shape index (κ2) is 5.82. The molecule has 0 fully saturated rings. The predicted octanol–water partition coefficient (Wildman–Crippen LogP) is 1.37. The molecule has 2 atom stereocenters. The standard InChI is InChI=1S/C7H15O2P/c1-3-10-7(9)5-4-6(2)8/h7,9-10H,3-5H2,1-2H3. The van der Waals surface area contributed by atoms with Crippen LogP contribution in [0.3, 0.4) is 0 Å². The molecule has 0 spiro atoms. The minimum absolute atomic E-state index is 0.167. The van der Waals surface area contributed by atoms with E-state index in [4.69, 9.17) is 5.11 Å². The van der Waals surface area contributed by atoms with Crippen LogP contribution < -0.4 is 0 Å². The lowest BCUT2D eigenvalue weighted by molar-refractivity contribution is -0.117. The van der Waals surface area contributed by atoms with Gasteiger partial charge in [0.1, 0.15) is 5.78 Å². The first kappa shape index (κ1) is 10.1. The lowest BCUT2D eigenvalue weighted by Crippen LogP contribution is -2.02. The summed E-state index contributed by atoms with van der Waals surface area (Å²) in [4.78, 5) is 10.4. The van der Waals surface area contributed by atoms with Gasteiger partial charge in [0.15, 0.2) is 0 Å². The molecule has 0 radical (unpaired) electrons. The van der Waals surface area contributed by atoms with Gasteiger partial charge in [-0.25, -0.2) is 0 Å². The van der Waals surface area contributed by atoms with Crippen LogP contribution in [0.4, 0.5) is 0 Å². The third-order valence-corrected chi connectivity index (χ3v) is 2.38. The summed E-state index contributed by atoms with van der Waals surface area (Å²) in [6.07, 6.45) is 2.18. The molecule has 0 aromatic rings. The molecule has 1 N–H and O–H groups in total. The third kappa shape index (κ3) is 6.18. The van der Waals surface area contributed by atoms with E-state index in [1.165, 1.54) is 0 Å². The fraction of sp³-hybridized carbons (Fsp3) is 0.857. The highest BCUT2D eigenvalue weighted by atomic mass is 31.1. The van der Waals surface area contributed by atoms with Gasteiger partial charge in [0.25, 0.3) is 0 Å². The fourth-order valence-corrected chi connectivity index (χ4v) is 1.50. The first-order chi connectivity index (χ1) is 4.66. The molecule has 0 amide bonds. The number of hydrogen-bond acceptors (Lipinski definition) is 2. The average molecular weight is 162 g/mol. The Kier molecular flexibility index (Phi) is 5.85. The van der Waals surface area contributed by atoms with Crippen LogP contribution in [-0.4, -0.2) is 22.9 Å². The zero-order valence-corrected chi connectivity index (χ0v) is 7.55. The van der Waals surface area contributed by atoms with Gasteiger partial charge in [-0.2, -0.15) is 0 Å². The maximum absolute atomic E-state index is 10.4. The normalized spacial score (nSPS) is 14.3. The van der Waals surface area contributed by atoms with E-state index in [-0.39, 0.29) is 11.6 Å². The van der Waals surface area contributed by atoms with Crippen LogP contribution in [0.5, 0.6) is 0 Å². The first-order valence-corrected chi connectivity index (χ1v) is 4.86. The molecule has 0 rings (SSSR count). The summed E-state index contributed by atoms with van der Waals surface area (Å²) in [6, 6.07) is 0. The molecule has 0 aromatic carbocycles. The van der Waals surface area contributed by atoms with Crippen molar-refractivity contribution in [2.75, 3.05) is 6.16 Å². The Bertz CT molecular complexity index is 104. The molecule has 0 heterocycles. The van der Waals surface area contributed by atoms with Crippen LogP contribution in [-0.2, 0) is 4.79 Å². The highest BCUT2D eigenvalue weighted by molar-refractivity contribution is 7.38. The van der Waals surface area contributed by atoms with Gasteiger partial charge in [-0.3, -0.25) is 0 Å². The summed E-state index contributed by atoms with van der Waals surface area (Å²) in [5, 5.41) is 9.16. The van der Waals surface area contributed by atoms with Crippen LogP contribution in [0, 0.1) is 0 Å². The summed E-state index contributed by atoms with van der Waals surface area (Å²) in [7, 11) is 0.592. The maximum Gasteiger partial charge on any atom is 0.129 e. The van der Waals surface area contributed by atoms with Gasteiger partial charge in [0.05, 0.1) is 5.85 Å². The molecule has 0 saturated heterocycles. The van der Waals surface area contributed by atoms with Crippen LogP contribution in [0.2, 0.25) is 0 Å². The van der Waals surface area contributed by atoms with E-state index in [1.807, 2.05) is 6.92 Å². The van der Waals surface area contributed by atoms with E-state index in [9.17, 15) is 4.79 Å². The van der Waals surface area contributed by atoms with Crippen molar-refractivity contribution in [3.05, 3.63) is 0 Å². The molecule has 10 heavy (non-hydrogen) atoms. The number of aliphatic hydroxyl groups is 1. The van der Waals surface area contributed by atoms with E-state index >= 15 is 0 Å². The smallest absolute Gasteiger partial charge is 0.129 e. The summed E-state index contributed by atoms with van der Waals surface area (Å²) in [5.41, 5.74) is 0. The number of hydrogen-bond donors (Lipinski definition) is 1. The van der Waals surface area contributed by atoms with Gasteiger partial charge < -0.3 is 9.90 Å². The topological polar surface area (TPSA) is 37.3 Å². The van der Waals surface area contributed by atoms with Crippen molar-refractivity contribution in [2.45, 2.75) is 32.5 Å². The molecule has 2 unspecified atom stereocenters. The molecule has 0 saturated carbocycles. The van der Waals surface area contributed by atoms with Gasteiger partial charge in [-0.05, 0) is 19.5 Å². The Morgan fingerprint density at radius 3 is 2.70 bits per heavy atom. The molecule has 0 aromatic heterocycles. The van der Waals surface area contributed by atoms with Crippen molar-refractivity contribution in [2.24, 2.45) is 0 Å². The molecule has 60 valence electrons. The number of aliphatic hydroxyl groups excluding tert-OH is 1. The van der Waals surface area contributed by atoms with Crippen molar-refractivity contribution in [3.8, 4) is 0 Å². The van der Waals surface area contributed by atoms with Gasteiger partial charge in [0.2, 0.25) is 0 Å². The maximum atomic E-state index is 10.4. The van der Waals surface area contributed by atoms with Crippen LogP contribution >= 0.6 is 8.58 Å². The van der Waals surface area contributed by atoms with Gasteiger partial charge >= 0.3 is 0 Å². The van der Waals surface area contributed by atoms with E-state index in [0.717, 1.165) is 6.16 Å². The fourth-order valence-electron chi connectivity index (χ4n) is 0.678. The predicted molar refractivity (Wildman–Crippen MR) is 44.8 cm³/mol. The third-order valence-electron chi connectivity index (χ3n) is 1.21. The lowest BCUT2D eigenvalue weighted by Gasteiger charge is -2.06. The highest BCUT2D eigenvalue weighted by Gasteiger charge is 2.02. The Balaban J connectivity index is 3.21. The molecular weight excluding hydrogens is 147 g/mol. The number of rotatable bonds is 5. The van der Waals surface area contributed by atoms with Gasteiger partial charge in [0, 0.05) is 6.42 Å². The SMILES string of the molecule is CCPC(O)CCC(C)=O. The Labute approximate surface area is 63.8 Å². The molecule has 0 aliphatic carbocycles. The average Bonchev–Trinajstić information content (AvgIpc) is 1.85. The molecule has 0 aliphatic rings. The summed E-state index contributed by atoms with van der Waals surface area (Å²) in [5.74, 6) is -0.0751. The Morgan fingerprint density at radius 2 is 2.30 bits per heavy atom. The van der Waals surface area contributed by atoms with E-state index in [0.29, 0.717) is 21.4 Å². The van der Waals surface area contributed by atoms with E-state index in [1.54, 1.807) is 6.92 Å². The van der Waals surface area contributed by atoms with Crippen LogP contribution in [0.25, 0.3) is 0 Å². The van der Waals surface area contributed by atoms with E-state index in [2.05, 4.69) is 0 Å². The summed E-state index contributed by atoms with van der Waals surface area (Å²) in [6.45, 7) is 3.59. The van der Waals surface area contributed by atoms with Crippen molar-refractivity contribution in [1.29, 1.82) is 0 Å². The molecule has 0 bridgehead atoms. The summed E-state index contributed by atoms with van der Waals surface area (Å²) >= 11 is 0. The minimum atomic E-state index is -0.242. The number of carbonyl (C=O) groups is 1. The second-order valence-corrected chi connectivity index (χ2v) is 4.10. The zero-order valence-electron chi connectivity index (χ0n) is 6.55. The summed E-state index contributed by atoms with van der Waals surface area (Å²) < 4.78 is 0. The van der Waals surface area contributed by atoms with Crippen LogP contribution in [0.15, 0.2) is 0 Å². The minimum Gasteiger partial charge on any atom is -0.389 e. The highest BCUT2D eigenvalue weighted by Crippen LogP contribution is 2.19. The van der Waals surface area contributed by atoms with Crippen molar-refractivity contribution in [3.63, 3.8) is 0 Å². The zero-order chi connectivity index (χ0) is 7.98. The number of carbonyl (C=O) groups excluding carboxylic acids is 1. The largest absolute Gasteiger partial charge is 0.389 e. The number of ketones is 1. The molecule has 3 heteroatoms. The van der Waals surface area contributed by atoms with Crippen molar-refractivity contribution in [1.82, 2.24) is 0 Å². The van der Waals surface area contributed by atoms with Gasteiger partial charge in [-0.15, -0.1) is 0 Å². The second-order valence-electron chi connectivity index (χ2n) is 2.31. The van der Waals surface area contributed by atoms with Crippen LogP contribution in [0.1, 0.15) is 26.7 Å². The molecule has 2 nitrogen and oxygen atoms in total. The molecular formula is C7H15O2P. The Morgan fingerprint density at radius 1 is 1.70 bits per heavy atom. The van der Waals surface area contributed by atoms with Gasteiger partial charge in [-0.1, -0.05) is 15.5 Å². The molecule has 0 aliphatic heterocycles. The quantitative estimate of drug-likeness (QED) is 0.620. The number of Topliss-reactive ketones (excluding diaryl/α,β-unsaturated/α-hetero) is 1. The van der Waals surface area contributed by atoms with Crippen molar-refractivity contribution >= 4 is 14.4 Å². The lowest BCUT2D eigenvalue weighted by atomic mass is 10.2. The monoisotopic (exact) mass is 162 g/mol. The Hall–Kier alpha value is 0.0600.